The molecule has 0 aromatic heterocycles. The summed E-state index contributed by atoms with van der Waals surface area (Å²) in [6.45, 7) is 13.0. The van der Waals surface area contributed by atoms with Gasteiger partial charge in [-0.3, -0.25) is 4.79 Å². The van der Waals surface area contributed by atoms with Crippen LogP contribution in [0.1, 0.15) is 58.9 Å². The molecule has 0 fully saturated rings. The van der Waals surface area contributed by atoms with Gasteiger partial charge in [0.25, 0.3) is 0 Å². The Balaban J connectivity index is 2.60. The van der Waals surface area contributed by atoms with Gasteiger partial charge in [-0.2, -0.15) is 0 Å². The van der Waals surface area contributed by atoms with Crippen molar-refractivity contribution in [3.05, 3.63) is 41.5 Å². The fraction of sp³-hybridized carbons (Fsp3) is 0.500. The summed E-state index contributed by atoms with van der Waals surface area (Å²) in [5.41, 5.74) is 2.72. The van der Waals surface area contributed by atoms with Crippen molar-refractivity contribution in [2.24, 2.45) is 0 Å². The molecule has 0 spiro atoms. The Morgan fingerprint density at radius 3 is 2.33 bits per heavy atom. The first-order chi connectivity index (χ1) is 14.1. The van der Waals surface area contributed by atoms with Gasteiger partial charge in [0, 0.05) is 19.8 Å². The van der Waals surface area contributed by atoms with E-state index < -0.39 is 14.4 Å². The normalized spacial score (nSPS) is 18.9. The monoisotopic (exact) mass is 422 g/mol. The van der Waals surface area contributed by atoms with Crippen LogP contribution in [0.5, 0.6) is 0 Å². The molecule has 0 N–H and O–H groups in total. The molecule has 0 saturated heterocycles. The second-order valence-corrected chi connectivity index (χ2v) is 13.9. The lowest BCUT2D eigenvalue weighted by Crippen LogP contribution is -2.41. The third-order valence-electron chi connectivity index (χ3n) is 5.69. The van der Waals surface area contributed by atoms with E-state index in [9.17, 15) is 4.79 Å². The molecule has 30 heavy (non-hydrogen) atoms. The predicted molar refractivity (Wildman–Crippen MR) is 126 cm³/mol. The van der Waals surface area contributed by atoms with Crippen molar-refractivity contribution >= 4 is 19.9 Å². The second kappa shape index (κ2) is 10.7. The van der Waals surface area contributed by atoms with Gasteiger partial charge in [-0.25, -0.2) is 0 Å². The molecule has 1 aliphatic rings. The molecule has 0 bridgehead atoms. The van der Waals surface area contributed by atoms with Gasteiger partial charge in [0.15, 0.2) is 14.4 Å². The summed E-state index contributed by atoms with van der Waals surface area (Å²) in [5, 5.41) is 0.0938. The van der Waals surface area contributed by atoms with Crippen molar-refractivity contribution < 1.29 is 14.0 Å². The average Bonchev–Trinajstić information content (AvgIpc) is 2.67. The van der Waals surface area contributed by atoms with E-state index in [4.69, 9.17) is 9.16 Å². The standard InChI is InChI=1S/C26H34O3Si/c1-21(27)29-25-19-15-10-8-7-9-14-18-23(25)24(22-16-12-11-13-17-22)20-28-30(5,6)26(2,3)4/h11-13,16-17,25H,7-10,20H2,1-6H3/b24-23-. The van der Waals surface area contributed by atoms with Gasteiger partial charge in [-0.15, -0.1) is 0 Å². The molecule has 0 aliphatic heterocycles. The second-order valence-electron chi connectivity index (χ2n) is 9.13. The van der Waals surface area contributed by atoms with Crippen molar-refractivity contribution in [3.8, 4) is 23.7 Å². The van der Waals surface area contributed by atoms with Crippen molar-refractivity contribution in [2.45, 2.75) is 77.6 Å². The van der Waals surface area contributed by atoms with Gasteiger partial charge in [-0.1, -0.05) is 74.8 Å². The third kappa shape index (κ3) is 6.91. The largest absolute Gasteiger partial charge is 0.444 e. The number of carbonyl (C=O) groups excluding carboxylic acids is 1. The molecule has 1 aromatic carbocycles. The summed E-state index contributed by atoms with van der Waals surface area (Å²) in [4.78, 5) is 11.8. The van der Waals surface area contributed by atoms with Crippen molar-refractivity contribution in [1.29, 1.82) is 0 Å². The zero-order chi connectivity index (χ0) is 22.2. The molecule has 0 heterocycles. The summed E-state index contributed by atoms with van der Waals surface area (Å²) in [5.74, 6) is 12.6. The minimum absolute atomic E-state index is 0.0938. The van der Waals surface area contributed by atoms with Gasteiger partial charge < -0.3 is 9.16 Å². The lowest BCUT2D eigenvalue weighted by atomic mass is 9.96. The highest BCUT2D eigenvalue weighted by Crippen LogP contribution is 2.37. The number of benzene rings is 1. The Morgan fingerprint density at radius 2 is 1.73 bits per heavy atom. The lowest BCUT2D eigenvalue weighted by molar-refractivity contribution is -0.142. The zero-order valence-electron chi connectivity index (χ0n) is 19.2. The molecule has 3 nitrogen and oxygen atoms in total. The van der Waals surface area contributed by atoms with Crippen LogP contribution in [0.4, 0.5) is 0 Å². The maximum absolute atomic E-state index is 11.8. The minimum Gasteiger partial charge on any atom is -0.444 e. The van der Waals surface area contributed by atoms with Gasteiger partial charge in [0.2, 0.25) is 0 Å². The lowest BCUT2D eigenvalue weighted by Gasteiger charge is -2.36. The number of ether oxygens (including phenoxy) is 1. The van der Waals surface area contributed by atoms with Crippen LogP contribution in [0.25, 0.3) is 5.57 Å². The molecule has 1 unspecified atom stereocenters. The smallest absolute Gasteiger partial charge is 0.304 e. The van der Waals surface area contributed by atoms with Crippen LogP contribution in [0, 0.1) is 23.7 Å². The Bertz CT molecular complexity index is 883. The molecule has 160 valence electrons. The maximum Gasteiger partial charge on any atom is 0.304 e. The van der Waals surface area contributed by atoms with Crippen molar-refractivity contribution in [1.82, 2.24) is 0 Å². The molecule has 0 radical (unpaired) electrons. The fourth-order valence-electron chi connectivity index (χ4n) is 2.80. The highest BCUT2D eigenvalue weighted by atomic mass is 28.4. The maximum atomic E-state index is 11.8. The molecular weight excluding hydrogens is 388 g/mol. The van der Waals surface area contributed by atoms with Crippen LogP contribution in [0.15, 0.2) is 35.9 Å². The topological polar surface area (TPSA) is 35.5 Å². The van der Waals surface area contributed by atoms with Crippen molar-refractivity contribution in [2.75, 3.05) is 6.61 Å². The van der Waals surface area contributed by atoms with E-state index in [1.54, 1.807) is 0 Å². The Hall–Kier alpha value is -2.27. The van der Waals surface area contributed by atoms with Crippen LogP contribution >= 0.6 is 0 Å². The summed E-state index contributed by atoms with van der Waals surface area (Å²) >= 11 is 0. The number of rotatable bonds is 5. The molecular formula is C26H34O3Si. The number of hydrogen-bond donors (Lipinski definition) is 0. The first-order valence-electron chi connectivity index (χ1n) is 10.7. The summed E-state index contributed by atoms with van der Waals surface area (Å²) in [6.07, 6.45) is 2.95. The molecule has 0 saturated carbocycles. The first-order valence-corrected chi connectivity index (χ1v) is 13.6. The van der Waals surface area contributed by atoms with E-state index in [0.717, 1.165) is 42.4 Å². The zero-order valence-corrected chi connectivity index (χ0v) is 20.2. The third-order valence-corrected chi connectivity index (χ3v) is 10.2. The number of carbonyl (C=O) groups is 1. The number of esters is 1. The van der Waals surface area contributed by atoms with Crippen LogP contribution in [0.2, 0.25) is 18.1 Å². The highest BCUT2D eigenvalue weighted by Gasteiger charge is 2.37. The van der Waals surface area contributed by atoms with E-state index in [1.165, 1.54) is 6.92 Å². The van der Waals surface area contributed by atoms with E-state index in [2.05, 4.69) is 69.7 Å². The quantitative estimate of drug-likeness (QED) is 0.333. The van der Waals surface area contributed by atoms with Gasteiger partial charge >= 0.3 is 5.97 Å². The van der Waals surface area contributed by atoms with Crippen LogP contribution in [-0.2, 0) is 14.0 Å². The summed E-state index contributed by atoms with van der Waals surface area (Å²) in [7, 11) is -1.98. The molecule has 4 heteroatoms. The van der Waals surface area contributed by atoms with Crippen LogP contribution < -0.4 is 0 Å². The highest BCUT2D eigenvalue weighted by molar-refractivity contribution is 6.74. The predicted octanol–water partition coefficient (Wildman–Crippen LogP) is 5.97. The van der Waals surface area contributed by atoms with E-state index >= 15 is 0 Å². The van der Waals surface area contributed by atoms with Crippen molar-refractivity contribution in [3.63, 3.8) is 0 Å². The molecule has 1 aromatic rings. The molecule has 2 rings (SSSR count). The molecule has 1 atom stereocenters. The van der Waals surface area contributed by atoms with E-state index in [-0.39, 0.29) is 11.0 Å². The van der Waals surface area contributed by atoms with Crippen LogP contribution in [-0.4, -0.2) is 27.0 Å². The van der Waals surface area contributed by atoms with E-state index in [0.29, 0.717) is 6.61 Å². The van der Waals surface area contributed by atoms with Gasteiger partial charge in [0.05, 0.1) is 12.2 Å². The summed E-state index contributed by atoms with van der Waals surface area (Å²) in [6, 6.07) is 10.1. The average molecular weight is 423 g/mol. The minimum atomic E-state index is -1.98. The molecule has 0 amide bonds. The van der Waals surface area contributed by atoms with Crippen LogP contribution in [0.3, 0.4) is 0 Å². The Morgan fingerprint density at radius 1 is 1.10 bits per heavy atom. The van der Waals surface area contributed by atoms with Gasteiger partial charge in [-0.05, 0) is 42.1 Å². The molecule has 1 aliphatic carbocycles. The fourth-order valence-corrected chi connectivity index (χ4v) is 3.74. The Labute approximate surface area is 183 Å². The van der Waals surface area contributed by atoms with Gasteiger partial charge in [0.1, 0.15) is 0 Å². The SMILES string of the molecule is CC(=O)OC1C#CCCCCC#C/C1=C(\CO[Si](C)(C)C(C)(C)C)c1ccccc1. The summed E-state index contributed by atoms with van der Waals surface area (Å²) < 4.78 is 12.2. The first kappa shape index (κ1) is 24.0. The van der Waals surface area contributed by atoms with E-state index in [1.807, 2.05) is 18.2 Å². The number of hydrogen-bond acceptors (Lipinski definition) is 3. The Kier molecular flexibility index (Phi) is 8.53.